The van der Waals surface area contributed by atoms with Crippen LogP contribution in [-0.4, -0.2) is 42.0 Å². The molecule has 0 saturated heterocycles. The molecule has 0 aromatic rings. The zero-order valence-corrected chi connectivity index (χ0v) is 12.3. The summed E-state index contributed by atoms with van der Waals surface area (Å²) >= 11 is 0. The van der Waals surface area contributed by atoms with Crippen LogP contribution in [0.3, 0.4) is 0 Å². The Hall–Kier alpha value is -0.610. The summed E-state index contributed by atoms with van der Waals surface area (Å²) in [6.07, 6.45) is 5.10. The van der Waals surface area contributed by atoms with Gasteiger partial charge >= 0.3 is 0 Å². The topological polar surface area (TPSA) is 58.4 Å². The van der Waals surface area contributed by atoms with Gasteiger partial charge < -0.3 is 16.0 Å². The van der Waals surface area contributed by atoms with E-state index in [2.05, 4.69) is 31.1 Å². The summed E-state index contributed by atoms with van der Waals surface area (Å²) in [5.74, 6) is -0.190. The molecule has 18 heavy (non-hydrogen) atoms. The molecule has 106 valence electrons. The van der Waals surface area contributed by atoms with Crippen LogP contribution in [0.25, 0.3) is 0 Å². The van der Waals surface area contributed by atoms with Gasteiger partial charge in [0.05, 0.1) is 5.54 Å². The highest BCUT2D eigenvalue weighted by atomic mass is 16.1. The average Bonchev–Trinajstić information content (AvgIpc) is 2.76. The SMILES string of the molecule is CCNC1(C(N)=O)CCC(N(C)C(CC)CC)C1. The first kappa shape index (κ1) is 15.4. The van der Waals surface area contributed by atoms with E-state index >= 15 is 0 Å². The summed E-state index contributed by atoms with van der Waals surface area (Å²) in [5.41, 5.74) is 5.13. The number of carbonyl (C=O) groups excluding carboxylic acids is 1. The van der Waals surface area contributed by atoms with Gasteiger partial charge in [-0.25, -0.2) is 0 Å². The van der Waals surface area contributed by atoms with Crippen molar-refractivity contribution in [3.8, 4) is 0 Å². The minimum Gasteiger partial charge on any atom is -0.368 e. The van der Waals surface area contributed by atoms with Crippen LogP contribution in [0.4, 0.5) is 0 Å². The number of primary amides is 1. The number of carbonyl (C=O) groups is 1. The highest BCUT2D eigenvalue weighted by Crippen LogP contribution is 2.34. The normalized spacial score (nSPS) is 28.2. The lowest BCUT2D eigenvalue weighted by Gasteiger charge is -2.33. The summed E-state index contributed by atoms with van der Waals surface area (Å²) in [6, 6.07) is 1.08. The van der Waals surface area contributed by atoms with Gasteiger partial charge in [0.2, 0.25) is 5.91 Å². The van der Waals surface area contributed by atoms with Crippen molar-refractivity contribution >= 4 is 5.91 Å². The Morgan fingerprint density at radius 2 is 2.06 bits per heavy atom. The Morgan fingerprint density at radius 3 is 2.50 bits per heavy atom. The molecular formula is C14H29N3O. The molecule has 0 aliphatic heterocycles. The zero-order valence-electron chi connectivity index (χ0n) is 12.3. The molecule has 0 heterocycles. The Bertz CT molecular complexity index is 278. The number of nitrogens with one attached hydrogen (secondary N) is 1. The molecule has 1 rings (SSSR count). The van der Waals surface area contributed by atoms with Crippen molar-refractivity contribution in [1.29, 1.82) is 0 Å². The standard InChI is InChI=1S/C14H29N3O/c1-5-11(6-2)17(4)12-8-9-14(10-12,13(15)18)16-7-3/h11-12,16H,5-10H2,1-4H3,(H2,15,18). The molecule has 0 spiro atoms. The quantitative estimate of drug-likeness (QED) is 0.724. The maximum atomic E-state index is 11.7. The molecule has 1 fully saturated rings. The largest absolute Gasteiger partial charge is 0.368 e. The predicted molar refractivity (Wildman–Crippen MR) is 75.4 cm³/mol. The second kappa shape index (κ2) is 6.53. The van der Waals surface area contributed by atoms with Crippen molar-refractivity contribution in [3.63, 3.8) is 0 Å². The number of amides is 1. The van der Waals surface area contributed by atoms with Gasteiger partial charge in [-0.05, 0) is 45.7 Å². The second-order valence-electron chi connectivity index (χ2n) is 5.51. The fraction of sp³-hybridized carbons (Fsp3) is 0.929. The summed E-state index contributed by atoms with van der Waals surface area (Å²) in [5, 5.41) is 3.32. The van der Waals surface area contributed by atoms with Gasteiger partial charge in [0.1, 0.15) is 0 Å². The highest BCUT2D eigenvalue weighted by Gasteiger charge is 2.45. The van der Waals surface area contributed by atoms with Gasteiger partial charge in [-0.3, -0.25) is 4.79 Å². The highest BCUT2D eigenvalue weighted by molar-refractivity contribution is 5.85. The number of hydrogen-bond acceptors (Lipinski definition) is 3. The molecule has 0 aromatic heterocycles. The monoisotopic (exact) mass is 255 g/mol. The zero-order chi connectivity index (χ0) is 13.8. The summed E-state index contributed by atoms with van der Waals surface area (Å²) < 4.78 is 0. The van der Waals surface area contributed by atoms with Crippen LogP contribution < -0.4 is 11.1 Å². The minimum atomic E-state index is -0.473. The number of nitrogens with two attached hydrogens (primary N) is 1. The predicted octanol–water partition coefficient (Wildman–Crippen LogP) is 1.49. The third-order valence-electron chi connectivity index (χ3n) is 4.57. The van der Waals surface area contributed by atoms with Gasteiger partial charge in [-0.15, -0.1) is 0 Å². The maximum absolute atomic E-state index is 11.7. The molecule has 0 bridgehead atoms. The average molecular weight is 255 g/mol. The molecule has 1 aliphatic carbocycles. The molecule has 2 atom stereocenters. The van der Waals surface area contributed by atoms with E-state index in [1.165, 1.54) is 0 Å². The molecule has 1 saturated carbocycles. The lowest BCUT2D eigenvalue weighted by molar-refractivity contribution is -0.124. The van der Waals surface area contributed by atoms with E-state index in [0.29, 0.717) is 12.1 Å². The van der Waals surface area contributed by atoms with E-state index in [9.17, 15) is 4.79 Å². The van der Waals surface area contributed by atoms with E-state index in [4.69, 9.17) is 5.73 Å². The van der Waals surface area contributed by atoms with Crippen LogP contribution in [0.2, 0.25) is 0 Å². The Morgan fingerprint density at radius 1 is 1.44 bits per heavy atom. The first-order valence-corrected chi connectivity index (χ1v) is 7.27. The van der Waals surface area contributed by atoms with Crippen molar-refractivity contribution in [1.82, 2.24) is 10.2 Å². The van der Waals surface area contributed by atoms with Gasteiger partial charge in [-0.1, -0.05) is 20.8 Å². The maximum Gasteiger partial charge on any atom is 0.237 e. The molecule has 1 aliphatic rings. The van der Waals surface area contributed by atoms with E-state index in [1.807, 2.05) is 6.92 Å². The van der Waals surface area contributed by atoms with E-state index in [1.54, 1.807) is 0 Å². The van der Waals surface area contributed by atoms with Gasteiger partial charge in [-0.2, -0.15) is 0 Å². The van der Waals surface area contributed by atoms with Crippen molar-refractivity contribution in [2.24, 2.45) is 5.73 Å². The van der Waals surface area contributed by atoms with Gasteiger partial charge in [0, 0.05) is 12.1 Å². The van der Waals surface area contributed by atoms with Crippen molar-refractivity contribution in [2.75, 3.05) is 13.6 Å². The lowest BCUT2D eigenvalue weighted by Crippen LogP contribution is -2.54. The fourth-order valence-electron chi connectivity index (χ4n) is 3.34. The Balaban J connectivity index is 2.71. The third-order valence-corrected chi connectivity index (χ3v) is 4.57. The smallest absolute Gasteiger partial charge is 0.237 e. The van der Waals surface area contributed by atoms with Crippen molar-refractivity contribution in [2.45, 2.75) is 70.5 Å². The molecule has 3 N–H and O–H groups in total. The number of nitrogens with zero attached hydrogens (tertiary/aromatic N) is 1. The van der Waals surface area contributed by atoms with Crippen molar-refractivity contribution in [3.05, 3.63) is 0 Å². The number of rotatable bonds is 7. The van der Waals surface area contributed by atoms with Crippen LogP contribution in [0.5, 0.6) is 0 Å². The van der Waals surface area contributed by atoms with Crippen molar-refractivity contribution < 1.29 is 4.79 Å². The minimum absolute atomic E-state index is 0.190. The van der Waals surface area contributed by atoms with E-state index < -0.39 is 5.54 Å². The molecule has 4 heteroatoms. The number of likely N-dealkylation sites (N-methyl/N-ethyl adjacent to an activating group) is 1. The van der Waals surface area contributed by atoms with Crippen LogP contribution in [-0.2, 0) is 4.79 Å². The first-order chi connectivity index (χ1) is 8.50. The van der Waals surface area contributed by atoms with E-state index in [-0.39, 0.29) is 5.91 Å². The summed E-state index contributed by atoms with van der Waals surface area (Å²) in [7, 11) is 2.19. The molecule has 0 radical (unpaired) electrons. The van der Waals surface area contributed by atoms with Gasteiger partial charge in [0.25, 0.3) is 0 Å². The van der Waals surface area contributed by atoms with Crippen LogP contribution in [0.15, 0.2) is 0 Å². The van der Waals surface area contributed by atoms with Crippen LogP contribution in [0, 0.1) is 0 Å². The molecule has 1 amide bonds. The Kier molecular flexibility index (Phi) is 5.60. The molecule has 0 aromatic carbocycles. The summed E-state index contributed by atoms with van der Waals surface area (Å²) in [4.78, 5) is 14.2. The van der Waals surface area contributed by atoms with Crippen LogP contribution in [0.1, 0.15) is 52.9 Å². The molecule has 4 nitrogen and oxygen atoms in total. The third kappa shape index (κ3) is 3.04. The van der Waals surface area contributed by atoms with Crippen LogP contribution >= 0.6 is 0 Å². The van der Waals surface area contributed by atoms with Gasteiger partial charge in [0.15, 0.2) is 0 Å². The number of hydrogen-bond donors (Lipinski definition) is 2. The second-order valence-corrected chi connectivity index (χ2v) is 5.51. The Labute approximate surface area is 111 Å². The first-order valence-electron chi connectivity index (χ1n) is 7.27. The fourth-order valence-corrected chi connectivity index (χ4v) is 3.34. The van der Waals surface area contributed by atoms with E-state index in [0.717, 1.165) is 38.6 Å². The summed E-state index contributed by atoms with van der Waals surface area (Å²) in [6.45, 7) is 7.28. The molecular weight excluding hydrogens is 226 g/mol. The molecule has 2 unspecified atom stereocenters. The lowest BCUT2D eigenvalue weighted by atomic mass is 9.96.